The summed E-state index contributed by atoms with van der Waals surface area (Å²) >= 11 is 0. The van der Waals surface area contributed by atoms with E-state index in [9.17, 15) is 0 Å². The second-order valence-corrected chi connectivity index (χ2v) is 13.1. The third-order valence-corrected chi connectivity index (χ3v) is 9.45. The Morgan fingerprint density at radius 1 is 0.204 bits per heavy atom. The van der Waals surface area contributed by atoms with Crippen LogP contribution in [0.2, 0.25) is 0 Å². The van der Waals surface area contributed by atoms with Crippen molar-refractivity contribution in [1.29, 1.82) is 0 Å². The third kappa shape index (κ3) is 8.15. The van der Waals surface area contributed by atoms with E-state index in [2.05, 4.69) is 240 Å². The van der Waals surface area contributed by atoms with Gasteiger partial charge in [-0.15, -0.1) is 0 Å². The minimum absolute atomic E-state index is 1.10. The molecule has 0 radical (unpaired) electrons. The van der Waals surface area contributed by atoms with Gasteiger partial charge in [0.25, 0.3) is 0 Å². The third-order valence-electron chi connectivity index (χ3n) is 9.45. The molecule has 0 N–H and O–H groups in total. The molecule has 0 saturated heterocycles. The van der Waals surface area contributed by atoms with Crippen LogP contribution in [-0.4, -0.2) is 0 Å². The van der Waals surface area contributed by atoms with Gasteiger partial charge in [0, 0.05) is 34.1 Å². The van der Waals surface area contributed by atoms with Crippen molar-refractivity contribution in [3.8, 4) is 11.1 Å². The first-order valence-electron chi connectivity index (χ1n) is 18.3. The molecule has 54 heavy (non-hydrogen) atoms. The van der Waals surface area contributed by atoms with Crippen molar-refractivity contribution in [2.24, 2.45) is 0 Å². The van der Waals surface area contributed by atoms with Crippen LogP contribution in [0.15, 0.2) is 218 Å². The van der Waals surface area contributed by atoms with Crippen LogP contribution in [0, 0.1) is 0 Å². The number of hydrogen-bond donors (Lipinski definition) is 0. The highest BCUT2D eigenvalue weighted by Gasteiger charge is 2.14. The first-order chi connectivity index (χ1) is 26.8. The average molecular weight is 693 g/mol. The largest absolute Gasteiger partial charge is 0.311 e. The lowest BCUT2D eigenvalue weighted by Gasteiger charge is -2.26. The molecule has 2 nitrogen and oxygen atoms in total. The minimum Gasteiger partial charge on any atom is -0.311 e. The Hall–Kier alpha value is -7.16. The summed E-state index contributed by atoms with van der Waals surface area (Å²) in [5.74, 6) is 0. The fourth-order valence-electron chi connectivity index (χ4n) is 6.64. The van der Waals surface area contributed by atoms with Crippen molar-refractivity contribution in [3.05, 3.63) is 241 Å². The SMILES string of the molecule is C(=Cc1ccc(N(c2ccccc2)c2ccc(-c3ccc(N(c4ccccc4)c4ccc(/C=C\c5ccccc5)cc4)cc3)cc2)cc1)c1ccccc1. The lowest BCUT2D eigenvalue weighted by atomic mass is 10.0. The van der Waals surface area contributed by atoms with Crippen LogP contribution < -0.4 is 9.80 Å². The fourth-order valence-corrected chi connectivity index (χ4v) is 6.64. The molecule has 0 atom stereocenters. The number of hydrogen-bond acceptors (Lipinski definition) is 2. The van der Waals surface area contributed by atoms with E-state index in [1.54, 1.807) is 0 Å². The second-order valence-electron chi connectivity index (χ2n) is 13.1. The Bertz CT molecular complexity index is 2240. The van der Waals surface area contributed by atoms with E-state index in [-0.39, 0.29) is 0 Å². The van der Waals surface area contributed by atoms with Crippen LogP contribution in [0.25, 0.3) is 35.4 Å². The molecule has 2 heteroatoms. The summed E-state index contributed by atoms with van der Waals surface area (Å²) in [4.78, 5) is 4.61. The van der Waals surface area contributed by atoms with Gasteiger partial charge >= 0.3 is 0 Å². The molecule has 0 saturated carbocycles. The van der Waals surface area contributed by atoms with Gasteiger partial charge in [0.2, 0.25) is 0 Å². The molecule has 0 aliphatic rings. The topological polar surface area (TPSA) is 6.48 Å². The van der Waals surface area contributed by atoms with Crippen molar-refractivity contribution in [2.45, 2.75) is 0 Å². The molecule has 0 bridgehead atoms. The summed E-state index contributed by atoms with van der Waals surface area (Å²) in [6, 6.07) is 77.1. The van der Waals surface area contributed by atoms with E-state index in [0.717, 1.165) is 45.3 Å². The molecule has 0 spiro atoms. The molecule has 0 fully saturated rings. The van der Waals surface area contributed by atoms with Crippen LogP contribution in [0.4, 0.5) is 34.1 Å². The minimum atomic E-state index is 1.10. The van der Waals surface area contributed by atoms with Gasteiger partial charge in [0.1, 0.15) is 0 Å². The van der Waals surface area contributed by atoms with E-state index in [1.807, 2.05) is 12.1 Å². The highest BCUT2D eigenvalue weighted by Crippen LogP contribution is 2.38. The smallest absolute Gasteiger partial charge is 0.0462 e. The number of anilines is 6. The van der Waals surface area contributed by atoms with E-state index in [0.29, 0.717) is 0 Å². The molecule has 0 amide bonds. The molecular weight excluding hydrogens is 653 g/mol. The van der Waals surface area contributed by atoms with Crippen molar-refractivity contribution < 1.29 is 0 Å². The summed E-state index contributed by atoms with van der Waals surface area (Å²) in [5.41, 5.74) is 13.7. The molecule has 8 aromatic rings. The molecular formula is C52H40N2. The van der Waals surface area contributed by atoms with E-state index in [4.69, 9.17) is 0 Å². The number of rotatable bonds is 11. The zero-order chi connectivity index (χ0) is 36.4. The van der Waals surface area contributed by atoms with Gasteiger partial charge in [0.05, 0.1) is 0 Å². The van der Waals surface area contributed by atoms with Gasteiger partial charge in [-0.25, -0.2) is 0 Å². The van der Waals surface area contributed by atoms with E-state index >= 15 is 0 Å². The Morgan fingerprint density at radius 3 is 0.722 bits per heavy atom. The molecule has 8 aromatic carbocycles. The van der Waals surface area contributed by atoms with Gasteiger partial charge in [-0.2, -0.15) is 0 Å². The van der Waals surface area contributed by atoms with Crippen LogP contribution in [0.3, 0.4) is 0 Å². The first kappa shape index (κ1) is 34.0. The number of para-hydroxylation sites is 2. The molecule has 0 unspecified atom stereocenters. The Morgan fingerprint density at radius 2 is 0.426 bits per heavy atom. The molecule has 0 heterocycles. The molecule has 0 aromatic heterocycles. The number of nitrogens with zero attached hydrogens (tertiary/aromatic N) is 2. The van der Waals surface area contributed by atoms with Gasteiger partial charge in [0.15, 0.2) is 0 Å². The summed E-state index contributed by atoms with van der Waals surface area (Å²) < 4.78 is 0. The van der Waals surface area contributed by atoms with Crippen LogP contribution in [0.5, 0.6) is 0 Å². The van der Waals surface area contributed by atoms with E-state index in [1.165, 1.54) is 22.3 Å². The molecule has 0 aliphatic carbocycles. The number of benzene rings is 8. The Labute approximate surface area is 318 Å². The maximum atomic E-state index is 2.30. The highest BCUT2D eigenvalue weighted by atomic mass is 15.1. The first-order valence-corrected chi connectivity index (χ1v) is 18.3. The van der Waals surface area contributed by atoms with Crippen LogP contribution in [-0.2, 0) is 0 Å². The monoisotopic (exact) mass is 692 g/mol. The zero-order valence-corrected chi connectivity index (χ0v) is 30.0. The highest BCUT2D eigenvalue weighted by molar-refractivity contribution is 5.82. The quantitative estimate of drug-likeness (QED) is 0.125. The lowest BCUT2D eigenvalue weighted by molar-refractivity contribution is 1.28. The summed E-state index contributed by atoms with van der Waals surface area (Å²) in [7, 11) is 0. The predicted molar refractivity (Wildman–Crippen MR) is 232 cm³/mol. The molecule has 8 rings (SSSR count). The van der Waals surface area contributed by atoms with Crippen molar-refractivity contribution in [2.75, 3.05) is 9.80 Å². The standard InChI is InChI=1S/C52H40N2/c1-5-13-41(14-6-1)21-23-43-25-33-49(34-26-43)53(47-17-9-3-10-18-47)51-37-29-45(30-38-51)46-31-39-52(40-32-46)54(48-19-11-4-12-20-48)50-35-27-44(28-36-50)24-22-42-15-7-2-8-16-42/h1-40H/b23-21-,24-22?. The van der Waals surface area contributed by atoms with Crippen molar-refractivity contribution in [3.63, 3.8) is 0 Å². The summed E-state index contributed by atoms with van der Waals surface area (Å²) in [6.07, 6.45) is 8.62. The lowest BCUT2D eigenvalue weighted by Crippen LogP contribution is -2.10. The van der Waals surface area contributed by atoms with Gasteiger partial charge < -0.3 is 9.80 Å². The Kier molecular flexibility index (Phi) is 10.3. The van der Waals surface area contributed by atoms with E-state index < -0.39 is 0 Å². The van der Waals surface area contributed by atoms with Crippen molar-refractivity contribution >= 4 is 58.4 Å². The molecule has 0 aliphatic heterocycles. The zero-order valence-electron chi connectivity index (χ0n) is 30.0. The summed E-state index contributed by atoms with van der Waals surface area (Å²) in [5, 5.41) is 0. The normalized spacial score (nSPS) is 11.2. The second kappa shape index (κ2) is 16.5. The van der Waals surface area contributed by atoms with Crippen LogP contribution in [0.1, 0.15) is 22.3 Å². The average Bonchev–Trinajstić information content (AvgIpc) is 3.25. The van der Waals surface area contributed by atoms with Gasteiger partial charge in [-0.1, -0.05) is 170 Å². The summed E-state index contributed by atoms with van der Waals surface area (Å²) in [6.45, 7) is 0. The fraction of sp³-hybridized carbons (Fsp3) is 0. The molecule has 258 valence electrons. The van der Waals surface area contributed by atoms with Crippen molar-refractivity contribution in [1.82, 2.24) is 0 Å². The maximum absolute atomic E-state index is 2.30. The van der Waals surface area contributed by atoms with Gasteiger partial charge in [-0.3, -0.25) is 0 Å². The van der Waals surface area contributed by atoms with Crippen LogP contribution >= 0.6 is 0 Å². The predicted octanol–water partition coefficient (Wildman–Crippen LogP) is 14.6. The maximum Gasteiger partial charge on any atom is 0.0462 e. The Balaban J connectivity index is 1.03. The van der Waals surface area contributed by atoms with Gasteiger partial charge in [-0.05, 0) is 106 Å².